The zero-order chi connectivity index (χ0) is 20.7. The molecule has 9 heteroatoms. The number of pyridine rings is 1. The molecule has 0 spiro atoms. The summed E-state index contributed by atoms with van der Waals surface area (Å²) in [7, 11) is -3.42. The minimum absolute atomic E-state index is 0.0900. The van der Waals surface area contributed by atoms with Crippen LogP contribution in [0.1, 0.15) is 17.3 Å². The normalized spacial score (nSPS) is 15.3. The predicted molar refractivity (Wildman–Crippen MR) is 117 cm³/mol. The van der Waals surface area contributed by atoms with Crippen molar-refractivity contribution in [1.82, 2.24) is 14.6 Å². The Bertz CT molecular complexity index is 914. The van der Waals surface area contributed by atoms with Crippen molar-refractivity contribution < 1.29 is 13.2 Å². The molecule has 156 valence electrons. The molecular weight excluding hydrogens is 408 g/mol. The minimum Gasteiger partial charge on any atom is -0.354 e. The van der Waals surface area contributed by atoms with Gasteiger partial charge in [0.25, 0.3) is 5.91 Å². The SMILES string of the molecule is CCSc1ccccc1C(=O)NCCS(=O)(=O)N1CCN(c2ccccn2)CC1. The third kappa shape index (κ3) is 5.71. The fraction of sp³-hybridized carbons (Fsp3) is 0.400. The van der Waals surface area contributed by atoms with Crippen LogP contribution in [-0.2, 0) is 10.0 Å². The van der Waals surface area contributed by atoms with Crippen LogP contribution in [-0.4, -0.2) is 67.8 Å². The highest BCUT2D eigenvalue weighted by Crippen LogP contribution is 2.22. The van der Waals surface area contributed by atoms with E-state index in [0.29, 0.717) is 31.7 Å². The van der Waals surface area contributed by atoms with E-state index in [4.69, 9.17) is 0 Å². The summed E-state index contributed by atoms with van der Waals surface area (Å²) >= 11 is 1.59. The number of rotatable bonds is 8. The van der Waals surface area contributed by atoms with Crippen molar-refractivity contribution in [3.63, 3.8) is 0 Å². The highest BCUT2D eigenvalue weighted by molar-refractivity contribution is 7.99. The van der Waals surface area contributed by atoms with Crippen molar-refractivity contribution in [3.05, 3.63) is 54.2 Å². The number of piperazine rings is 1. The second-order valence-electron chi connectivity index (χ2n) is 6.58. The van der Waals surface area contributed by atoms with Gasteiger partial charge in [-0.2, -0.15) is 4.31 Å². The molecule has 0 unspecified atom stereocenters. The number of sulfonamides is 1. The number of hydrogen-bond donors (Lipinski definition) is 1. The van der Waals surface area contributed by atoms with Gasteiger partial charge in [-0.1, -0.05) is 25.1 Å². The average Bonchev–Trinajstić information content (AvgIpc) is 2.75. The lowest BCUT2D eigenvalue weighted by molar-refractivity contribution is 0.0953. The molecule has 2 heterocycles. The zero-order valence-corrected chi connectivity index (χ0v) is 18.1. The highest BCUT2D eigenvalue weighted by Gasteiger charge is 2.27. The zero-order valence-electron chi connectivity index (χ0n) is 16.5. The number of aromatic nitrogens is 1. The Labute approximate surface area is 176 Å². The van der Waals surface area contributed by atoms with Gasteiger partial charge < -0.3 is 10.2 Å². The predicted octanol–water partition coefficient (Wildman–Crippen LogP) is 2.08. The average molecular weight is 435 g/mol. The molecule has 1 fully saturated rings. The number of thioether (sulfide) groups is 1. The van der Waals surface area contributed by atoms with Crippen LogP contribution in [0, 0.1) is 0 Å². The molecule has 0 bridgehead atoms. The third-order valence-corrected chi connectivity index (χ3v) is 7.51. The molecular formula is C20H26N4O3S2. The monoisotopic (exact) mass is 434 g/mol. The summed E-state index contributed by atoms with van der Waals surface area (Å²) < 4.78 is 26.8. The number of benzene rings is 1. The van der Waals surface area contributed by atoms with Crippen molar-refractivity contribution in [2.24, 2.45) is 0 Å². The lowest BCUT2D eigenvalue weighted by Gasteiger charge is -2.34. The van der Waals surface area contributed by atoms with Crippen LogP contribution in [0.2, 0.25) is 0 Å². The Morgan fingerprint density at radius 1 is 1.10 bits per heavy atom. The first-order valence-corrected chi connectivity index (χ1v) is 12.2. The number of anilines is 1. The number of carbonyl (C=O) groups is 1. The molecule has 1 aliphatic heterocycles. The molecule has 1 aromatic carbocycles. The van der Waals surface area contributed by atoms with Crippen LogP contribution in [0.15, 0.2) is 53.6 Å². The van der Waals surface area contributed by atoms with Gasteiger partial charge in [0.15, 0.2) is 0 Å². The number of hydrogen-bond acceptors (Lipinski definition) is 6. The van der Waals surface area contributed by atoms with Gasteiger partial charge in [0, 0.05) is 43.8 Å². The van der Waals surface area contributed by atoms with E-state index in [1.54, 1.807) is 24.0 Å². The molecule has 0 radical (unpaired) electrons. The molecule has 2 aromatic rings. The second-order valence-corrected chi connectivity index (χ2v) is 9.97. The van der Waals surface area contributed by atoms with Gasteiger partial charge in [-0.05, 0) is 30.0 Å². The van der Waals surface area contributed by atoms with Crippen LogP contribution >= 0.6 is 11.8 Å². The first-order chi connectivity index (χ1) is 14.0. The molecule has 0 aliphatic carbocycles. The minimum atomic E-state index is -3.42. The van der Waals surface area contributed by atoms with E-state index in [1.807, 2.05) is 43.3 Å². The summed E-state index contributed by atoms with van der Waals surface area (Å²) in [6.45, 7) is 4.16. The van der Waals surface area contributed by atoms with E-state index in [0.717, 1.165) is 16.5 Å². The largest absolute Gasteiger partial charge is 0.354 e. The molecule has 1 saturated heterocycles. The fourth-order valence-corrected chi connectivity index (χ4v) is 5.33. The maximum atomic E-state index is 12.7. The van der Waals surface area contributed by atoms with Gasteiger partial charge in [-0.15, -0.1) is 11.8 Å². The van der Waals surface area contributed by atoms with Crippen molar-refractivity contribution >= 4 is 33.5 Å². The van der Waals surface area contributed by atoms with E-state index < -0.39 is 10.0 Å². The molecule has 1 aliphatic rings. The summed E-state index contributed by atoms with van der Waals surface area (Å²) in [5.41, 5.74) is 0.584. The van der Waals surface area contributed by atoms with Crippen molar-refractivity contribution in [2.75, 3.05) is 49.1 Å². The molecule has 0 saturated carbocycles. The number of amides is 1. The Morgan fingerprint density at radius 2 is 1.83 bits per heavy atom. The van der Waals surface area contributed by atoms with Gasteiger partial charge in [0.2, 0.25) is 10.0 Å². The van der Waals surface area contributed by atoms with E-state index in [1.165, 1.54) is 4.31 Å². The summed E-state index contributed by atoms with van der Waals surface area (Å²) in [4.78, 5) is 19.8. The van der Waals surface area contributed by atoms with Gasteiger partial charge in [-0.25, -0.2) is 13.4 Å². The summed E-state index contributed by atoms with van der Waals surface area (Å²) in [6, 6.07) is 13.1. The first-order valence-electron chi connectivity index (χ1n) is 9.65. The van der Waals surface area contributed by atoms with Crippen LogP contribution in [0.3, 0.4) is 0 Å². The highest BCUT2D eigenvalue weighted by atomic mass is 32.2. The van der Waals surface area contributed by atoms with E-state index in [9.17, 15) is 13.2 Å². The lowest BCUT2D eigenvalue weighted by atomic mass is 10.2. The Kier molecular flexibility index (Phi) is 7.51. The van der Waals surface area contributed by atoms with Gasteiger partial charge in [-0.3, -0.25) is 4.79 Å². The summed E-state index contributed by atoms with van der Waals surface area (Å²) in [5.74, 6) is 1.38. The van der Waals surface area contributed by atoms with Gasteiger partial charge in [0.1, 0.15) is 5.82 Å². The van der Waals surface area contributed by atoms with Crippen molar-refractivity contribution in [3.8, 4) is 0 Å². The summed E-state index contributed by atoms with van der Waals surface area (Å²) in [6.07, 6.45) is 1.73. The topological polar surface area (TPSA) is 82.6 Å². The molecule has 29 heavy (non-hydrogen) atoms. The van der Waals surface area contributed by atoms with E-state index >= 15 is 0 Å². The molecule has 1 amide bonds. The smallest absolute Gasteiger partial charge is 0.252 e. The van der Waals surface area contributed by atoms with Crippen LogP contribution in [0.25, 0.3) is 0 Å². The molecule has 3 rings (SSSR count). The quantitative estimate of drug-likeness (QED) is 0.641. The van der Waals surface area contributed by atoms with E-state index in [2.05, 4.69) is 15.2 Å². The van der Waals surface area contributed by atoms with Crippen molar-refractivity contribution in [2.45, 2.75) is 11.8 Å². The fourth-order valence-electron chi connectivity index (χ4n) is 3.19. The maximum absolute atomic E-state index is 12.7. The molecule has 0 atom stereocenters. The Morgan fingerprint density at radius 3 is 2.52 bits per heavy atom. The van der Waals surface area contributed by atoms with Gasteiger partial charge in [0.05, 0.1) is 11.3 Å². The number of carbonyl (C=O) groups excluding carboxylic acids is 1. The molecule has 1 aromatic heterocycles. The Balaban J connectivity index is 1.50. The lowest BCUT2D eigenvalue weighted by Crippen LogP contribution is -2.50. The number of nitrogens with zero attached hydrogens (tertiary/aromatic N) is 3. The van der Waals surface area contributed by atoms with Gasteiger partial charge >= 0.3 is 0 Å². The van der Waals surface area contributed by atoms with Crippen LogP contribution in [0.4, 0.5) is 5.82 Å². The molecule has 7 nitrogen and oxygen atoms in total. The Hall–Kier alpha value is -2.10. The van der Waals surface area contributed by atoms with E-state index in [-0.39, 0.29) is 18.2 Å². The third-order valence-electron chi connectivity index (χ3n) is 4.68. The first kappa shape index (κ1) is 21.6. The summed E-state index contributed by atoms with van der Waals surface area (Å²) in [5, 5.41) is 2.75. The van der Waals surface area contributed by atoms with Crippen LogP contribution < -0.4 is 10.2 Å². The van der Waals surface area contributed by atoms with Crippen molar-refractivity contribution in [1.29, 1.82) is 0 Å². The second kappa shape index (κ2) is 10.1. The molecule has 1 N–H and O–H groups in total. The maximum Gasteiger partial charge on any atom is 0.252 e. The standard InChI is InChI=1S/C20H26N4O3S2/c1-2-28-18-8-4-3-7-17(18)20(25)22-11-16-29(26,27)24-14-12-23(13-15-24)19-9-5-6-10-21-19/h3-10H,2,11-16H2,1H3,(H,22,25). The number of nitrogens with one attached hydrogen (secondary N) is 1. The van der Waals surface area contributed by atoms with Crippen LogP contribution in [0.5, 0.6) is 0 Å².